The highest BCUT2D eigenvalue weighted by atomic mass is 16.6. The Bertz CT molecular complexity index is 1090. The standard InChI is InChI=1S/C33H51BN4O6/c39-31-29-19-27(44-33(41)37-21-25-15-11-12-16-26(25)22-37)23-38(29)32(40)28(35-20-24-13-7-6-8-14-24)17-9-4-2-1-3-5-10-18-30(36-31)34(42)43/h11-12,15-16,24,27-30,35,42-43H,1-10,13-14,17-23H2,(H,36,39)/t27-,28+,29+,30+/m1/s1. The number of carbonyl (C=O) groups is 3. The number of benzene rings is 1. The molecule has 242 valence electrons. The monoisotopic (exact) mass is 610 g/mol. The topological polar surface area (TPSA) is 131 Å². The lowest BCUT2D eigenvalue weighted by Gasteiger charge is -2.31. The Morgan fingerprint density at radius 1 is 0.886 bits per heavy atom. The van der Waals surface area contributed by atoms with Crippen molar-refractivity contribution in [3.63, 3.8) is 0 Å². The molecule has 1 saturated carbocycles. The Morgan fingerprint density at radius 2 is 1.48 bits per heavy atom. The van der Waals surface area contributed by atoms with Crippen LogP contribution in [0.5, 0.6) is 0 Å². The number of nitrogens with one attached hydrogen (secondary N) is 2. The zero-order valence-electron chi connectivity index (χ0n) is 26.1. The molecule has 11 heteroatoms. The van der Waals surface area contributed by atoms with Gasteiger partial charge in [0.25, 0.3) is 0 Å². The van der Waals surface area contributed by atoms with Crippen LogP contribution in [-0.4, -0.2) is 82.1 Å². The number of amides is 3. The molecule has 1 aliphatic carbocycles. The van der Waals surface area contributed by atoms with E-state index in [1.807, 2.05) is 24.3 Å². The van der Waals surface area contributed by atoms with Crippen LogP contribution in [0.2, 0.25) is 0 Å². The van der Waals surface area contributed by atoms with E-state index in [1.54, 1.807) is 9.80 Å². The van der Waals surface area contributed by atoms with Crippen molar-refractivity contribution in [3.05, 3.63) is 35.4 Å². The van der Waals surface area contributed by atoms with Crippen LogP contribution in [0.15, 0.2) is 24.3 Å². The number of fused-ring (bicyclic) bond motifs is 2. The summed E-state index contributed by atoms with van der Waals surface area (Å²) in [6.07, 6.45) is 13.3. The van der Waals surface area contributed by atoms with Crippen LogP contribution in [0.4, 0.5) is 4.79 Å². The van der Waals surface area contributed by atoms with Gasteiger partial charge >= 0.3 is 13.2 Å². The summed E-state index contributed by atoms with van der Waals surface area (Å²) in [5.41, 5.74) is 2.18. The molecule has 10 nitrogen and oxygen atoms in total. The Hall–Kier alpha value is -2.63. The molecule has 0 spiro atoms. The van der Waals surface area contributed by atoms with Gasteiger partial charge in [0.15, 0.2) is 0 Å². The third kappa shape index (κ3) is 8.76. The molecular formula is C33H51BN4O6. The second kappa shape index (κ2) is 16.1. The van der Waals surface area contributed by atoms with Crippen LogP contribution >= 0.6 is 0 Å². The largest absolute Gasteiger partial charge is 0.475 e. The fraction of sp³-hybridized carbons (Fsp3) is 0.727. The summed E-state index contributed by atoms with van der Waals surface area (Å²) >= 11 is 0. The minimum atomic E-state index is -1.70. The zero-order chi connectivity index (χ0) is 30.9. The van der Waals surface area contributed by atoms with Crippen LogP contribution < -0.4 is 10.6 Å². The summed E-state index contributed by atoms with van der Waals surface area (Å²) < 4.78 is 5.94. The highest BCUT2D eigenvalue weighted by Gasteiger charge is 2.44. The Balaban J connectivity index is 1.31. The molecule has 3 amide bonds. The second-order valence-corrected chi connectivity index (χ2v) is 13.4. The Kier molecular flexibility index (Phi) is 12.0. The van der Waals surface area contributed by atoms with Crippen molar-refractivity contribution in [3.8, 4) is 0 Å². The predicted octanol–water partition coefficient (Wildman–Crippen LogP) is 3.67. The normalized spacial score (nSPS) is 27.9. The van der Waals surface area contributed by atoms with E-state index >= 15 is 0 Å². The molecule has 0 aromatic heterocycles. The van der Waals surface area contributed by atoms with Gasteiger partial charge in [-0.3, -0.25) is 14.5 Å². The van der Waals surface area contributed by atoms with Crippen molar-refractivity contribution < 1.29 is 29.2 Å². The highest BCUT2D eigenvalue weighted by molar-refractivity contribution is 6.43. The third-order valence-corrected chi connectivity index (χ3v) is 10.1. The summed E-state index contributed by atoms with van der Waals surface area (Å²) in [7, 11) is -1.70. The molecule has 4 aliphatic rings. The maximum Gasteiger partial charge on any atom is 0.475 e. The van der Waals surface area contributed by atoms with Gasteiger partial charge < -0.3 is 30.3 Å². The van der Waals surface area contributed by atoms with Gasteiger partial charge in [0.2, 0.25) is 11.8 Å². The molecule has 3 heterocycles. The SMILES string of the molecule is O=C1N[C@H](B(O)O)CCCCCCCCC[C@H](NCC2CCCCC2)C(=O)N2C[C@H](OC(=O)N3Cc4ccccc4C3)C[C@@H]12. The maximum absolute atomic E-state index is 14.2. The summed E-state index contributed by atoms with van der Waals surface area (Å²) in [6.45, 7) is 1.86. The van der Waals surface area contributed by atoms with E-state index < -0.39 is 43.2 Å². The van der Waals surface area contributed by atoms with E-state index in [-0.39, 0.29) is 18.9 Å². The molecule has 1 aromatic carbocycles. The fourth-order valence-corrected chi connectivity index (χ4v) is 7.44. The number of carbonyl (C=O) groups excluding carboxylic acids is 3. The van der Waals surface area contributed by atoms with E-state index in [2.05, 4.69) is 10.6 Å². The van der Waals surface area contributed by atoms with Gasteiger partial charge in [-0.25, -0.2) is 4.79 Å². The lowest BCUT2D eigenvalue weighted by atomic mass is 9.76. The van der Waals surface area contributed by atoms with Crippen LogP contribution in [0.1, 0.15) is 107 Å². The Morgan fingerprint density at radius 3 is 2.14 bits per heavy atom. The number of hydrogen-bond donors (Lipinski definition) is 4. The number of hydrogen-bond acceptors (Lipinski definition) is 7. The van der Waals surface area contributed by atoms with Crippen molar-refractivity contribution in [2.24, 2.45) is 5.92 Å². The first-order chi connectivity index (χ1) is 21.4. The van der Waals surface area contributed by atoms with Gasteiger partial charge in [0, 0.05) is 19.5 Å². The van der Waals surface area contributed by atoms with Gasteiger partial charge in [-0.15, -0.1) is 0 Å². The second-order valence-electron chi connectivity index (χ2n) is 13.4. The lowest BCUT2D eigenvalue weighted by Crippen LogP contribution is -2.56. The first kappa shape index (κ1) is 32.8. The molecule has 1 aromatic rings. The van der Waals surface area contributed by atoms with Crippen LogP contribution in [0, 0.1) is 5.92 Å². The average Bonchev–Trinajstić information content (AvgIpc) is 3.65. The molecule has 0 unspecified atom stereocenters. The van der Waals surface area contributed by atoms with Crippen molar-refractivity contribution >= 4 is 25.0 Å². The van der Waals surface area contributed by atoms with Gasteiger partial charge in [-0.1, -0.05) is 88.5 Å². The minimum absolute atomic E-state index is 0.136. The summed E-state index contributed by atoms with van der Waals surface area (Å²) in [5, 5.41) is 26.5. The summed E-state index contributed by atoms with van der Waals surface area (Å²) in [4.78, 5) is 44.4. The van der Waals surface area contributed by atoms with Gasteiger partial charge in [-0.2, -0.15) is 0 Å². The van der Waals surface area contributed by atoms with Gasteiger partial charge in [-0.05, 0) is 49.3 Å². The number of ether oxygens (including phenoxy) is 1. The molecule has 44 heavy (non-hydrogen) atoms. The number of nitrogens with zero attached hydrogens (tertiary/aromatic N) is 2. The van der Waals surface area contributed by atoms with Crippen molar-refractivity contribution in [2.75, 3.05) is 13.1 Å². The molecule has 4 atom stereocenters. The average molecular weight is 611 g/mol. The molecule has 0 radical (unpaired) electrons. The fourth-order valence-electron chi connectivity index (χ4n) is 7.44. The smallest absolute Gasteiger partial charge is 0.444 e. The first-order valence-electron chi connectivity index (χ1n) is 17.1. The highest BCUT2D eigenvalue weighted by Crippen LogP contribution is 2.28. The molecule has 2 saturated heterocycles. The summed E-state index contributed by atoms with van der Waals surface area (Å²) in [5.74, 6) is -0.833. The predicted molar refractivity (Wildman–Crippen MR) is 168 cm³/mol. The Labute approximate surface area is 262 Å². The van der Waals surface area contributed by atoms with Crippen LogP contribution in [-0.2, 0) is 27.4 Å². The van der Waals surface area contributed by atoms with Crippen LogP contribution in [0.25, 0.3) is 0 Å². The maximum atomic E-state index is 14.2. The molecule has 3 fully saturated rings. The molecular weight excluding hydrogens is 559 g/mol. The molecule has 0 bridgehead atoms. The van der Waals surface area contributed by atoms with Crippen LogP contribution in [0.3, 0.4) is 0 Å². The van der Waals surface area contributed by atoms with E-state index in [1.165, 1.54) is 32.1 Å². The van der Waals surface area contributed by atoms with E-state index in [9.17, 15) is 24.4 Å². The van der Waals surface area contributed by atoms with Gasteiger partial charge in [0.05, 0.1) is 18.5 Å². The third-order valence-electron chi connectivity index (χ3n) is 10.1. The quantitative estimate of drug-likeness (QED) is 0.374. The van der Waals surface area contributed by atoms with Crippen molar-refractivity contribution in [1.82, 2.24) is 20.4 Å². The first-order valence-corrected chi connectivity index (χ1v) is 17.1. The van der Waals surface area contributed by atoms with Crippen molar-refractivity contribution in [2.45, 2.75) is 134 Å². The lowest BCUT2D eigenvalue weighted by molar-refractivity contribution is -0.140. The minimum Gasteiger partial charge on any atom is -0.444 e. The van der Waals surface area contributed by atoms with E-state index in [0.29, 0.717) is 31.8 Å². The molecule has 3 aliphatic heterocycles. The summed E-state index contributed by atoms with van der Waals surface area (Å²) in [6, 6.07) is 6.65. The van der Waals surface area contributed by atoms with Crippen molar-refractivity contribution in [1.29, 1.82) is 0 Å². The van der Waals surface area contributed by atoms with Gasteiger partial charge in [0.1, 0.15) is 12.1 Å². The number of rotatable bonds is 5. The molecule has 4 N–H and O–H groups in total. The van der Waals surface area contributed by atoms with E-state index in [0.717, 1.165) is 62.6 Å². The molecule has 5 rings (SSSR count). The van der Waals surface area contributed by atoms with E-state index in [4.69, 9.17) is 4.74 Å². The zero-order valence-corrected chi connectivity index (χ0v) is 26.1.